The second-order valence-electron chi connectivity index (χ2n) is 8.60. The van der Waals surface area contributed by atoms with Crippen LogP contribution in [0.15, 0.2) is 47.6 Å². The van der Waals surface area contributed by atoms with Crippen molar-refractivity contribution >= 4 is 34.2 Å². The molecule has 6 N–H and O–H groups in total. The van der Waals surface area contributed by atoms with Crippen LogP contribution >= 0.6 is 0 Å². The highest BCUT2D eigenvalue weighted by molar-refractivity contribution is 6.16. The predicted molar refractivity (Wildman–Crippen MR) is 134 cm³/mol. The molecule has 0 aliphatic carbocycles. The lowest BCUT2D eigenvalue weighted by molar-refractivity contribution is 0.100. The van der Waals surface area contributed by atoms with Crippen LogP contribution in [0.2, 0.25) is 0 Å². The van der Waals surface area contributed by atoms with E-state index in [0.29, 0.717) is 33.8 Å². The highest BCUT2D eigenvalue weighted by atomic mass is 16.1. The molecule has 35 heavy (non-hydrogen) atoms. The second kappa shape index (κ2) is 8.90. The Morgan fingerprint density at radius 2 is 2.00 bits per heavy atom. The molecular weight excluding hydrogens is 444 g/mol. The highest BCUT2D eigenvalue weighted by Crippen LogP contribution is 2.35. The van der Waals surface area contributed by atoms with Crippen molar-refractivity contribution in [3.8, 4) is 11.8 Å². The third-order valence-corrected chi connectivity index (χ3v) is 5.66. The van der Waals surface area contributed by atoms with Crippen molar-refractivity contribution in [1.29, 1.82) is 0 Å². The maximum absolute atomic E-state index is 13.5. The monoisotopic (exact) mass is 470 g/mol. The maximum atomic E-state index is 13.5. The molecule has 11 nitrogen and oxygen atoms in total. The average molecular weight is 471 g/mol. The fourth-order valence-corrected chi connectivity index (χ4v) is 3.69. The molecule has 178 valence electrons. The molecule has 0 radical (unpaired) electrons. The molecule has 4 aromatic heterocycles. The van der Waals surface area contributed by atoms with Crippen molar-refractivity contribution in [2.24, 2.45) is 16.5 Å². The molecule has 11 heteroatoms. The third-order valence-electron chi connectivity index (χ3n) is 5.66. The number of nitrogen functional groups attached to an aromatic ring is 1. The first-order valence-electron chi connectivity index (χ1n) is 10.9. The number of carbonyl (C=O) groups excluding carboxylic acids is 1. The number of carbonyl (C=O) groups is 1. The van der Waals surface area contributed by atoms with Gasteiger partial charge in [0, 0.05) is 17.4 Å². The molecule has 0 spiro atoms. The minimum Gasteiger partial charge on any atom is -0.402 e. The van der Waals surface area contributed by atoms with Crippen LogP contribution in [0.1, 0.15) is 55.9 Å². The van der Waals surface area contributed by atoms with Gasteiger partial charge >= 0.3 is 0 Å². The van der Waals surface area contributed by atoms with E-state index in [1.54, 1.807) is 29.9 Å². The van der Waals surface area contributed by atoms with E-state index in [2.05, 4.69) is 36.9 Å². The number of hydrogen-bond acceptors (Lipinski definition) is 7. The van der Waals surface area contributed by atoms with Gasteiger partial charge in [-0.1, -0.05) is 6.92 Å². The fraction of sp³-hybridized carbons (Fsp3) is 0.250. The maximum Gasteiger partial charge on any atom is 0.282 e. The SMILES string of the molecule is CCC(C)(C)n1c(C#Cc2cnc3cccnn23)c(C(=O)N=C(N)/C=C(/C)N)c2c(N)ncnc21. The van der Waals surface area contributed by atoms with Crippen LogP contribution in [0, 0.1) is 11.8 Å². The minimum absolute atomic E-state index is 0.0361. The van der Waals surface area contributed by atoms with Crippen LogP contribution in [0.4, 0.5) is 5.82 Å². The minimum atomic E-state index is -0.627. The van der Waals surface area contributed by atoms with E-state index >= 15 is 0 Å². The molecule has 0 aliphatic rings. The van der Waals surface area contributed by atoms with Crippen LogP contribution in [-0.4, -0.2) is 40.9 Å². The third kappa shape index (κ3) is 4.29. The summed E-state index contributed by atoms with van der Waals surface area (Å²) < 4.78 is 3.51. The molecule has 0 atom stereocenters. The van der Waals surface area contributed by atoms with Gasteiger partial charge in [0.15, 0.2) is 5.65 Å². The zero-order valence-corrected chi connectivity index (χ0v) is 19.9. The Hall–Kier alpha value is -4.72. The summed E-state index contributed by atoms with van der Waals surface area (Å²) in [6.07, 6.45) is 6.75. The number of rotatable bonds is 4. The quantitative estimate of drug-likeness (QED) is 0.231. The molecule has 0 bridgehead atoms. The number of nitrogens with zero attached hydrogens (tertiary/aromatic N) is 7. The molecule has 4 rings (SSSR count). The van der Waals surface area contributed by atoms with Gasteiger partial charge in [0.1, 0.15) is 35.0 Å². The smallest absolute Gasteiger partial charge is 0.282 e. The van der Waals surface area contributed by atoms with Crippen molar-refractivity contribution in [1.82, 2.24) is 29.1 Å². The Balaban J connectivity index is 2.06. The average Bonchev–Trinajstić information content (AvgIpc) is 3.37. The summed E-state index contributed by atoms with van der Waals surface area (Å²) in [4.78, 5) is 30.4. The van der Waals surface area contributed by atoms with E-state index in [1.807, 2.05) is 31.4 Å². The number of imidazole rings is 1. The molecule has 4 aromatic rings. The number of amides is 1. The van der Waals surface area contributed by atoms with Crippen LogP contribution in [-0.2, 0) is 5.54 Å². The van der Waals surface area contributed by atoms with Crippen LogP contribution < -0.4 is 17.2 Å². The lowest BCUT2D eigenvalue weighted by atomic mass is 10.0. The summed E-state index contributed by atoms with van der Waals surface area (Å²) in [7, 11) is 0. The zero-order chi connectivity index (χ0) is 25.3. The molecular formula is C24H26N10O. The normalized spacial score (nSPS) is 12.7. The molecule has 0 saturated heterocycles. The van der Waals surface area contributed by atoms with Crippen molar-refractivity contribution in [3.63, 3.8) is 0 Å². The molecule has 0 unspecified atom stereocenters. The summed E-state index contributed by atoms with van der Waals surface area (Å²) in [5.74, 6) is 5.72. The number of aromatic nitrogens is 6. The van der Waals surface area contributed by atoms with E-state index < -0.39 is 11.4 Å². The van der Waals surface area contributed by atoms with Crippen molar-refractivity contribution < 1.29 is 4.79 Å². The number of fused-ring (bicyclic) bond motifs is 2. The number of nitrogens with two attached hydrogens (primary N) is 3. The van der Waals surface area contributed by atoms with E-state index in [4.69, 9.17) is 17.2 Å². The van der Waals surface area contributed by atoms with Gasteiger partial charge < -0.3 is 21.8 Å². The van der Waals surface area contributed by atoms with Gasteiger partial charge in [-0.25, -0.2) is 19.5 Å². The van der Waals surface area contributed by atoms with E-state index in [1.165, 1.54) is 12.4 Å². The summed E-state index contributed by atoms with van der Waals surface area (Å²) in [6.45, 7) is 7.74. The lowest BCUT2D eigenvalue weighted by Gasteiger charge is -2.27. The summed E-state index contributed by atoms with van der Waals surface area (Å²) in [5, 5.41) is 4.67. The van der Waals surface area contributed by atoms with Crippen molar-refractivity contribution in [2.45, 2.75) is 39.7 Å². The summed E-state index contributed by atoms with van der Waals surface area (Å²) in [6, 6.07) is 3.62. The Morgan fingerprint density at radius 3 is 2.71 bits per heavy atom. The molecule has 0 aromatic carbocycles. The summed E-state index contributed by atoms with van der Waals surface area (Å²) >= 11 is 0. The van der Waals surface area contributed by atoms with Gasteiger partial charge in [0.2, 0.25) is 0 Å². The predicted octanol–water partition coefficient (Wildman–Crippen LogP) is 1.96. The van der Waals surface area contributed by atoms with E-state index in [-0.39, 0.29) is 17.2 Å². The van der Waals surface area contributed by atoms with Gasteiger partial charge in [-0.15, -0.1) is 0 Å². The number of hydrogen-bond donors (Lipinski definition) is 3. The Labute approximate surface area is 201 Å². The van der Waals surface area contributed by atoms with Crippen LogP contribution in [0.3, 0.4) is 0 Å². The molecule has 1 amide bonds. The van der Waals surface area contributed by atoms with Crippen LogP contribution in [0.25, 0.3) is 16.7 Å². The zero-order valence-electron chi connectivity index (χ0n) is 19.9. The molecule has 0 aliphatic heterocycles. The Bertz CT molecular complexity index is 1570. The van der Waals surface area contributed by atoms with Gasteiger partial charge in [0.25, 0.3) is 5.91 Å². The van der Waals surface area contributed by atoms with Gasteiger partial charge in [-0.2, -0.15) is 10.1 Å². The number of allylic oxidation sites excluding steroid dienone is 1. The Kier molecular flexibility index (Phi) is 5.96. The van der Waals surface area contributed by atoms with Gasteiger partial charge in [-0.05, 0) is 57.2 Å². The first kappa shape index (κ1) is 23.4. The van der Waals surface area contributed by atoms with E-state index in [9.17, 15) is 4.79 Å². The van der Waals surface area contributed by atoms with Crippen molar-refractivity contribution in [2.75, 3.05) is 5.73 Å². The second-order valence-corrected chi connectivity index (χ2v) is 8.60. The fourth-order valence-electron chi connectivity index (χ4n) is 3.69. The number of amidine groups is 1. The standard InChI is InChI=1S/C24H26N10O/c1-5-24(3,4)33-16(9-8-15-12-28-18-7-6-10-31-34(15)18)19(20-21(27)29-13-30-22(20)33)23(35)32-17(26)11-14(2)25/h6-7,10-13H,5,25H2,1-4H3,(H2,26,32,35)(H2,27,29,30)/b14-11-. The Morgan fingerprint density at radius 1 is 1.23 bits per heavy atom. The number of anilines is 1. The van der Waals surface area contributed by atoms with Gasteiger partial charge in [0.05, 0.1) is 17.1 Å². The lowest BCUT2D eigenvalue weighted by Crippen LogP contribution is -2.27. The molecule has 4 heterocycles. The van der Waals surface area contributed by atoms with Gasteiger partial charge in [-0.3, -0.25) is 4.79 Å². The van der Waals surface area contributed by atoms with E-state index in [0.717, 1.165) is 6.42 Å². The topological polar surface area (TPSA) is 168 Å². The van der Waals surface area contributed by atoms with Crippen LogP contribution in [0.5, 0.6) is 0 Å². The first-order valence-corrected chi connectivity index (χ1v) is 10.9. The molecule has 0 saturated carbocycles. The largest absolute Gasteiger partial charge is 0.402 e. The highest BCUT2D eigenvalue weighted by Gasteiger charge is 2.31. The molecule has 0 fully saturated rings. The summed E-state index contributed by atoms with van der Waals surface area (Å²) in [5.41, 5.74) is 20.0. The number of aliphatic imine (C=N–C) groups is 1. The van der Waals surface area contributed by atoms with Crippen molar-refractivity contribution in [3.05, 3.63) is 59.6 Å². The first-order chi connectivity index (χ1) is 16.6.